The highest BCUT2D eigenvalue weighted by Gasteiger charge is 2.45. The van der Waals surface area contributed by atoms with Gasteiger partial charge < -0.3 is 14.2 Å². The molecule has 0 aliphatic carbocycles. The third-order valence-corrected chi connectivity index (χ3v) is 5.61. The van der Waals surface area contributed by atoms with Crippen molar-refractivity contribution in [3.63, 3.8) is 0 Å². The lowest BCUT2D eigenvalue weighted by atomic mass is 9.90. The topological polar surface area (TPSA) is 65.1 Å². The van der Waals surface area contributed by atoms with Crippen LogP contribution >= 0.6 is 0 Å². The highest BCUT2D eigenvalue weighted by Crippen LogP contribution is 2.32. The number of rotatable bonds is 8. The molecule has 1 unspecified atom stereocenters. The zero-order valence-electron chi connectivity index (χ0n) is 21.0. The first-order valence-corrected chi connectivity index (χ1v) is 11.5. The number of benzene rings is 3. The van der Waals surface area contributed by atoms with Crippen LogP contribution in [0, 0.1) is 0 Å². The standard InChI is InChI=1S/C29H33NO5/c1-28(2,3)35-27(32)30(5)29(4,26(31)34-21-23-14-10-7-11-15-23)24-16-18-25(19-17-24)33-20-22-12-8-6-9-13-22/h6-19H,20-21H2,1-5H3. The van der Waals surface area contributed by atoms with Crippen molar-refractivity contribution < 1.29 is 23.8 Å². The summed E-state index contributed by atoms with van der Waals surface area (Å²) >= 11 is 0. The molecule has 35 heavy (non-hydrogen) atoms. The number of hydrogen-bond donors (Lipinski definition) is 0. The molecule has 1 atom stereocenters. The average molecular weight is 476 g/mol. The Labute approximate surface area is 207 Å². The maximum absolute atomic E-state index is 13.4. The molecule has 3 rings (SSSR count). The van der Waals surface area contributed by atoms with Gasteiger partial charge in [0.25, 0.3) is 0 Å². The Morgan fingerprint density at radius 3 is 1.77 bits per heavy atom. The van der Waals surface area contributed by atoms with E-state index < -0.39 is 23.2 Å². The number of hydrogen-bond acceptors (Lipinski definition) is 5. The van der Waals surface area contributed by atoms with Gasteiger partial charge in [-0.1, -0.05) is 72.8 Å². The van der Waals surface area contributed by atoms with Crippen LogP contribution in [0.4, 0.5) is 4.79 Å². The van der Waals surface area contributed by atoms with Crippen LogP contribution < -0.4 is 4.74 Å². The zero-order chi connectivity index (χ0) is 25.5. The van der Waals surface area contributed by atoms with Gasteiger partial charge in [-0.25, -0.2) is 9.59 Å². The van der Waals surface area contributed by atoms with Crippen molar-refractivity contribution in [2.24, 2.45) is 0 Å². The summed E-state index contributed by atoms with van der Waals surface area (Å²) in [6.45, 7) is 7.52. The summed E-state index contributed by atoms with van der Waals surface area (Å²) in [6.07, 6.45) is -0.624. The van der Waals surface area contributed by atoms with E-state index in [0.29, 0.717) is 17.9 Å². The van der Waals surface area contributed by atoms with Crippen LogP contribution in [-0.4, -0.2) is 29.6 Å². The van der Waals surface area contributed by atoms with E-state index in [-0.39, 0.29) is 6.61 Å². The minimum atomic E-state index is -1.42. The Morgan fingerprint density at radius 2 is 1.26 bits per heavy atom. The van der Waals surface area contributed by atoms with Crippen molar-refractivity contribution in [1.29, 1.82) is 0 Å². The molecule has 3 aromatic carbocycles. The van der Waals surface area contributed by atoms with Crippen molar-refractivity contribution in [2.45, 2.75) is 52.0 Å². The smallest absolute Gasteiger partial charge is 0.411 e. The van der Waals surface area contributed by atoms with Crippen LogP contribution in [0.3, 0.4) is 0 Å². The van der Waals surface area contributed by atoms with Crippen molar-refractivity contribution in [3.05, 3.63) is 102 Å². The molecular formula is C29H33NO5. The van der Waals surface area contributed by atoms with Gasteiger partial charge in [-0.2, -0.15) is 0 Å². The van der Waals surface area contributed by atoms with Gasteiger partial charge in [-0.15, -0.1) is 0 Å². The first kappa shape index (κ1) is 25.8. The first-order chi connectivity index (χ1) is 16.6. The molecule has 0 heterocycles. The molecule has 0 N–H and O–H groups in total. The number of ether oxygens (including phenoxy) is 3. The molecule has 0 saturated heterocycles. The van der Waals surface area contributed by atoms with Gasteiger partial charge in [0.2, 0.25) is 0 Å². The molecule has 6 nitrogen and oxygen atoms in total. The molecule has 184 valence electrons. The van der Waals surface area contributed by atoms with Gasteiger partial charge in [0.1, 0.15) is 24.6 Å². The van der Waals surface area contributed by atoms with Gasteiger partial charge in [0.05, 0.1) is 0 Å². The molecule has 0 aromatic heterocycles. The number of carbonyl (C=O) groups is 2. The normalized spacial score (nSPS) is 12.8. The van der Waals surface area contributed by atoms with Gasteiger partial charge in [0.15, 0.2) is 5.54 Å². The lowest BCUT2D eigenvalue weighted by Crippen LogP contribution is -2.52. The largest absolute Gasteiger partial charge is 0.489 e. The number of carbonyl (C=O) groups excluding carboxylic acids is 2. The predicted octanol–water partition coefficient (Wildman–Crippen LogP) is 6.09. The molecule has 6 heteroatoms. The molecule has 0 radical (unpaired) electrons. The lowest BCUT2D eigenvalue weighted by Gasteiger charge is -2.37. The predicted molar refractivity (Wildman–Crippen MR) is 135 cm³/mol. The monoisotopic (exact) mass is 475 g/mol. The highest BCUT2D eigenvalue weighted by molar-refractivity contribution is 5.87. The second-order valence-corrected chi connectivity index (χ2v) is 9.47. The lowest BCUT2D eigenvalue weighted by molar-refractivity contribution is -0.158. The SMILES string of the molecule is CN(C(=O)OC(C)(C)C)C(C)(C(=O)OCc1ccccc1)c1ccc(OCc2ccccc2)cc1. The number of amides is 1. The zero-order valence-corrected chi connectivity index (χ0v) is 21.0. The minimum Gasteiger partial charge on any atom is -0.489 e. The van der Waals surface area contributed by atoms with E-state index >= 15 is 0 Å². The van der Waals surface area contributed by atoms with Crippen LogP contribution in [0.5, 0.6) is 5.75 Å². The summed E-state index contributed by atoms with van der Waals surface area (Å²) in [7, 11) is 1.54. The third kappa shape index (κ3) is 6.85. The molecule has 0 aliphatic heterocycles. The van der Waals surface area contributed by atoms with Crippen LogP contribution in [-0.2, 0) is 33.0 Å². The fourth-order valence-electron chi connectivity index (χ4n) is 3.44. The van der Waals surface area contributed by atoms with Gasteiger partial charge >= 0.3 is 12.1 Å². The fraction of sp³-hybridized carbons (Fsp3) is 0.310. The van der Waals surface area contributed by atoms with E-state index in [4.69, 9.17) is 14.2 Å². The first-order valence-electron chi connectivity index (χ1n) is 11.5. The quantitative estimate of drug-likeness (QED) is 0.369. The van der Waals surface area contributed by atoms with Crippen LogP contribution in [0.25, 0.3) is 0 Å². The van der Waals surface area contributed by atoms with Gasteiger partial charge in [-0.05, 0) is 56.5 Å². The maximum atomic E-state index is 13.4. The Kier molecular flexibility index (Phi) is 8.18. The fourth-order valence-corrected chi connectivity index (χ4v) is 3.44. The Balaban J connectivity index is 1.83. The van der Waals surface area contributed by atoms with E-state index in [0.717, 1.165) is 11.1 Å². The second-order valence-electron chi connectivity index (χ2n) is 9.47. The Morgan fingerprint density at radius 1 is 0.743 bits per heavy atom. The summed E-state index contributed by atoms with van der Waals surface area (Å²) in [4.78, 5) is 27.7. The minimum absolute atomic E-state index is 0.0929. The van der Waals surface area contributed by atoms with E-state index in [1.807, 2.05) is 60.7 Å². The number of nitrogens with zero attached hydrogens (tertiary/aromatic N) is 1. The van der Waals surface area contributed by atoms with Crippen molar-refractivity contribution in [1.82, 2.24) is 4.90 Å². The Hall–Kier alpha value is -3.80. The molecule has 0 fully saturated rings. The van der Waals surface area contributed by atoms with E-state index in [9.17, 15) is 9.59 Å². The van der Waals surface area contributed by atoms with E-state index in [2.05, 4.69) is 0 Å². The van der Waals surface area contributed by atoms with E-state index in [1.54, 1.807) is 52.0 Å². The van der Waals surface area contributed by atoms with Gasteiger partial charge in [0, 0.05) is 7.05 Å². The Bertz CT molecular complexity index is 1110. The van der Waals surface area contributed by atoms with Gasteiger partial charge in [-0.3, -0.25) is 4.90 Å². The molecular weight excluding hydrogens is 442 g/mol. The summed E-state index contributed by atoms with van der Waals surface area (Å²) in [5.74, 6) is 0.0881. The number of esters is 1. The van der Waals surface area contributed by atoms with E-state index in [1.165, 1.54) is 11.9 Å². The van der Waals surface area contributed by atoms with Crippen molar-refractivity contribution in [3.8, 4) is 5.75 Å². The third-order valence-electron chi connectivity index (χ3n) is 5.61. The highest BCUT2D eigenvalue weighted by atomic mass is 16.6. The molecule has 3 aromatic rings. The van der Waals surface area contributed by atoms with Crippen LogP contribution in [0.15, 0.2) is 84.9 Å². The summed E-state index contributed by atoms with van der Waals surface area (Å²) in [5, 5.41) is 0. The summed E-state index contributed by atoms with van der Waals surface area (Å²) < 4.78 is 17.1. The molecule has 0 spiro atoms. The second kappa shape index (κ2) is 11.1. The van der Waals surface area contributed by atoms with Crippen LogP contribution in [0.2, 0.25) is 0 Å². The van der Waals surface area contributed by atoms with Crippen molar-refractivity contribution in [2.75, 3.05) is 7.05 Å². The molecule has 0 bridgehead atoms. The summed E-state index contributed by atoms with van der Waals surface area (Å²) in [5.41, 5.74) is 0.351. The number of likely N-dealkylation sites (N-methyl/N-ethyl adjacent to an activating group) is 1. The van der Waals surface area contributed by atoms with Crippen molar-refractivity contribution >= 4 is 12.1 Å². The van der Waals surface area contributed by atoms with Crippen LogP contribution in [0.1, 0.15) is 44.4 Å². The molecule has 0 aliphatic rings. The summed E-state index contributed by atoms with van der Waals surface area (Å²) in [6, 6.07) is 26.4. The maximum Gasteiger partial charge on any atom is 0.411 e. The molecule has 1 amide bonds. The molecule has 0 saturated carbocycles. The average Bonchev–Trinajstić information content (AvgIpc) is 2.85.